The van der Waals surface area contributed by atoms with E-state index in [0.29, 0.717) is 11.4 Å². The van der Waals surface area contributed by atoms with Gasteiger partial charge in [0.25, 0.3) is 5.91 Å². The van der Waals surface area contributed by atoms with E-state index in [0.717, 1.165) is 0 Å². The van der Waals surface area contributed by atoms with Gasteiger partial charge in [-0.15, -0.1) is 0 Å². The maximum atomic E-state index is 13.4. The Bertz CT molecular complexity index is 1180. The molecule has 0 saturated heterocycles. The molecular formula is C22H19FN4O3S. The van der Waals surface area contributed by atoms with Crippen LogP contribution in [0.2, 0.25) is 0 Å². The number of carbonyl (C=O) groups excluding carboxylic acids is 1. The molecule has 0 aliphatic carbocycles. The van der Waals surface area contributed by atoms with E-state index in [1.54, 1.807) is 24.4 Å². The van der Waals surface area contributed by atoms with Crippen LogP contribution in [0.25, 0.3) is 0 Å². The molecule has 158 valence electrons. The molecule has 1 N–H and O–H groups in total. The average molecular weight is 438 g/mol. The van der Waals surface area contributed by atoms with Crippen LogP contribution in [0.15, 0.2) is 77.8 Å². The van der Waals surface area contributed by atoms with Crippen LogP contribution >= 0.6 is 0 Å². The molecule has 1 heterocycles. The SMILES string of the molecule is N#CCCNS(=O)(=O)c1ccc(C(=O)N(Cc2ccccn2)c2ccc(F)cc2)cc1. The maximum absolute atomic E-state index is 13.4. The normalized spacial score (nSPS) is 11.0. The van der Waals surface area contributed by atoms with Gasteiger partial charge in [0.2, 0.25) is 10.0 Å². The number of hydrogen-bond donors (Lipinski definition) is 1. The van der Waals surface area contributed by atoms with E-state index in [9.17, 15) is 17.6 Å². The molecule has 0 unspecified atom stereocenters. The van der Waals surface area contributed by atoms with Gasteiger partial charge >= 0.3 is 0 Å². The molecule has 3 rings (SSSR count). The Hall–Kier alpha value is -3.61. The van der Waals surface area contributed by atoms with E-state index in [4.69, 9.17) is 5.26 Å². The zero-order valence-corrected chi connectivity index (χ0v) is 17.2. The number of rotatable bonds is 8. The number of hydrogen-bond acceptors (Lipinski definition) is 5. The minimum absolute atomic E-state index is 0.00192. The van der Waals surface area contributed by atoms with E-state index < -0.39 is 21.7 Å². The van der Waals surface area contributed by atoms with Crippen LogP contribution in [-0.2, 0) is 16.6 Å². The van der Waals surface area contributed by atoms with Crippen molar-refractivity contribution in [2.75, 3.05) is 11.4 Å². The van der Waals surface area contributed by atoms with Crippen LogP contribution < -0.4 is 9.62 Å². The second kappa shape index (κ2) is 9.93. The number of halogens is 1. The first-order valence-corrected chi connectivity index (χ1v) is 10.8. The minimum atomic E-state index is -3.78. The summed E-state index contributed by atoms with van der Waals surface area (Å²) in [6.45, 7) is 0.156. The first kappa shape index (κ1) is 22.1. The van der Waals surface area contributed by atoms with E-state index >= 15 is 0 Å². The number of carbonyl (C=O) groups is 1. The molecule has 9 heteroatoms. The Balaban J connectivity index is 1.87. The molecular weight excluding hydrogens is 419 g/mol. The Morgan fingerprint density at radius 2 is 1.77 bits per heavy atom. The quantitative estimate of drug-likeness (QED) is 0.544. The highest BCUT2D eigenvalue weighted by molar-refractivity contribution is 7.89. The molecule has 0 fully saturated rings. The van der Waals surface area contributed by atoms with E-state index in [1.807, 2.05) is 6.07 Å². The van der Waals surface area contributed by atoms with Crippen molar-refractivity contribution in [1.29, 1.82) is 5.26 Å². The molecule has 0 aliphatic rings. The molecule has 1 aromatic heterocycles. The lowest BCUT2D eigenvalue weighted by atomic mass is 10.1. The molecule has 1 amide bonds. The third-order valence-electron chi connectivity index (χ3n) is 4.37. The van der Waals surface area contributed by atoms with Crippen LogP contribution in [0.1, 0.15) is 22.5 Å². The standard InChI is InChI=1S/C22H19FN4O3S/c23-18-7-9-20(10-8-18)27(16-19-4-1-2-14-25-19)22(28)17-5-11-21(12-6-17)31(29,30)26-15-3-13-24/h1-2,4-12,14,26H,3,15-16H2. The predicted octanol–water partition coefficient (Wildman–Crippen LogP) is 3.26. The fourth-order valence-corrected chi connectivity index (χ4v) is 3.84. The van der Waals surface area contributed by atoms with Gasteiger partial charge in [0, 0.05) is 30.4 Å². The third kappa shape index (κ3) is 5.72. The molecule has 0 atom stereocenters. The van der Waals surface area contributed by atoms with Crippen molar-refractivity contribution < 1.29 is 17.6 Å². The highest BCUT2D eigenvalue weighted by Gasteiger charge is 2.20. The first-order valence-electron chi connectivity index (χ1n) is 9.35. The van der Waals surface area contributed by atoms with Gasteiger partial charge in [0.15, 0.2) is 0 Å². The summed E-state index contributed by atoms with van der Waals surface area (Å²) in [4.78, 5) is 18.9. The largest absolute Gasteiger partial charge is 0.302 e. The summed E-state index contributed by atoms with van der Waals surface area (Å²) in [6, 6.07) is 18.2. The molecule has 2 aromatic carbocycles. The Labute approximate surface area is 179 Å². The van der Waals surface area contributed by atoms with Gasteiger partial charge in [0.05, 0.1) is 23.2 Å². The lowest BCUT2D eigenvalue weighted by Gasteiger charge is -2.23. The molecule has 0 saturated carbocycles. The Morgan fingerprint density at radius 1 is 1.06 bits per heavy atom. The number of nitrogens with one attached hydrogen (secondary N) is 1. The van der Waals surface area contributed by atoms with Crippen LogP contribution in [0, 0.1) is 17.1 Å². The van der Waals surface area contributed by atoms with Crippen molar-refractivity contribution in [3.63, 3.8) is 0 Å². The number of amides is 1. The zero-order valence-electron chi connectivity index (χ0n) is 16.4. The number of aromatic nitrogens is 1. The number of pyridine rings is 1. The Kier molecular flexibility index (Phi) is 7.07. The maximum Gasteiger partial charge on any atom is 0.258 e. The van der Waals surface area contributed by atoms with Crippen molar-refractivity contribution in [3.8, 4) is 6.07 Å². The van der Waals surface area contributed by atoms with Gasteiger partial charge in [0.1, 0.15) is 5.82 Å². The first-order chi connectivity index (χ1) is 14.9. The van der Waals surface area contributed by atoms with E-state index in [2.05, 4.69) is 9.71 Å². The second-order valence-corrected chi connectivity index (χ2v) is 8.29. The predicted molar refractivity (Wildman–Crippen MR) is 113 cm³/mol. The number of nitrogens with zero attached hydrogens (tertiary/aromatic N) is 3. The summed E-state index contributed by atoms with van der Waals surface area (Å²) in [5.74, 6) is -0.814. The van der Waals surface area contributed by atoms with Crippen molar-refractivity contribution >= 4 is 21.6 Å². The van der Waals surface area contributed by atoms with Gasteiger partial charge in [-0.3, -0.25) is 9.78 Å². The lowest BCUT2D eigenvalue weighted by Crippen LogP contribution is -2.31. The summed E-state index contributed by atoms with van der Waals surface area (Å²) in [7, 11) is -3.78. The van der Waals surface area contributed by atoms with Crippen molar-refractivity contribution in [1.82, 2.24) is 9.71 Å². The molecule has 0 radical (unpaired) electrons. The molecule has 0 aliphatic heterocycles. The van der Waals surface area contributed by atoms with Gasteiger partial charge in [-0.2, -0.15) is 5.26 Å². The summed E-state index contributed by atoms with van der Waals surface area (Å²) in [5, 5.41) is 8.55. The number of sulfonamides is 1. The topological polar surface area (TPSA) is 103 Å². The smallest absolute Gasteiger partial charge is 0.258 e. The zero-order chi connectivity index (χ0) is 22.3. The molecule has 31 heavy (non-hydrogen) atoms. The highest BCUT2D eigenvalue weighted by atomic mass is 32.2. The summed E-state index contributed by atoms with van der Waals surface area (Å²) < 4.78 is 40.2. The number of anilines is 1. The third-order valence-corrected chi connectivity index (χ3v) is 5.85. The van der Waals surface area contributed by atoms with Crippen LogP contribution in [0.3, 0.4) is 0 Å². The van der Waals surface area contributed by atoms with Crippen molar-refractivity contribution in [3.05, 3.63) is 90.0 Å². The van der Waals surface area contributed by atoms with Gasteiger partial charge in [-0.1, -0.05) is 6.07 Å². The van der Waals surface area contributed by atoms with Gasteiger partial charge in [-0.05, 0) is 60.7 Å². The van der Waals surface area contributed by atoms with Crippen LogP contribution in [0.5, 0.6) is 0 Å². The fraction of sp³-hybridized carbons (Fsp3) is 0.136. The highest BCUT2D eigenvalue weighted by Crippen LogP contribution is 2.21. The van der Waals surface area contributed by atoms with Crippen molar-refractivity contribution in [2.24, 2.45) is 0 Å². The van der Waals surface area contributed by atoms with Gasteiger partial charge in [-0.25, -0.2) is 17.5 Å². The molecule has 0 spiro atoms. The summed E-state index contributed by atoms with van der Waals surface area (Å²) >= 11 is 0. The molecule has 7 nitrogen and oxygen atoms in total. The van der Waals surface area contributed by atoms with Gasteiger partial charge < -0.3 is 4.90 Å². The lowest BCUT2D eigenvalue weighted by molar-refractivity contribution is 0.0984. The second-order valence-electron chi connectivity index (χ2n) is 6.52. The Morgan fingerprint density at radius 3 is 2.39 bits per heavy atom. The molecule has 0 bridgehead atoms. The summed E-state index contributed by atoms with van der Waals surface area (Å²) in [5.41, 5.74) is 1.38. The van der Waals surface area contributed by atoms with Crippen molar-refractivity contribution in [2.45, 2.75) is 17.9 Å². The van der Waals surface area contributed by atoms with Crippen LogP contribution in [0.4, 0.5) is 10.1 Å². The van der Waals surface area contributed by atoms with E-state index in [-0.39, 0.29) is 30.0 Å². The number of nitriles is 1. The summed E-state index contributed by atoms with van der Waals surface area (Å²) in [6.07, 6.45) is 1.66. The number of benzene rings is 2. The average Bonchev–Trinajstić information content (AvgIpc) is 2.79. The minimum Gasteiger partial charge on any atom is -0.302 e. The monoisotopic (exact) mass is 438 g/mol. The molecule has 3 aromatic rings. The van der Waals surface area contributed by atoms with E-state index in [1.165, 1.54) is 53.4 Å². The fourth-order valence-electron chi connectivity index (χ4n) is 2.81. The van der Waals surface area contributed by atoms with Crippen LogP contribution in [-0.4, -0.2) is 25.9 Å².